The molecule has 0 bridgehead atoms. The SMILES string of the molecule is O=[N+]([O-])c1c(Nc2ccc(OC(F)(F)F)cc2)ncnc1Sc1cccc2cccnc12. The van der Waals surface area contributed by atoms with Gasteiger partial charge in [-0.15, -0.1) is 13.2 Å². The highest BCUT2D eigenvalue weighted by atomic mass is 32.2. The minimum Gasteiger partial charge on any atom is -0.406 e. The van der Waals surface area contributed by atoms with E-state index in [1.165, 1.54) is 12.1 Å². The van der Waals surface area contributed by atoms with Crippen molar-refractivity contribution in [2.75, 3.05) is 5.32 Å². The first-order valence-electron chi connectivity index (χ1n) is 8.94. The van der Waals surface area contributed by atoms with Crippen LogP contribution in [0, 0.1) is 10.1 Å². The standard InChI is InChI=1S/C20H12F3N5O3S/c21-20(22,23)31-14-8-6-13(7-9-14)27-18-17(28(29)30)19(26-11-25-18)32-15-5-1-3-12-4-2-10-24-16(12)15/h1-11H,(H,25,26,27). The van der Waals surface area contributed by atoms with Gasteiger partial charge in [-0.3, -0.25) is 15.1 Å². The van der Waals surface area contributed by atoms with E-state index in [2.05, 4.69) is 25.0 Å². The van der Waals surface area contributed by atoms with Crippen LogP contribution in [-0.2, 0) is 0 Å². The smallest absolute Gasteiger partial charge is 0.406 e. The summed E-state index contributed by atoms with van der Waals surface area (Å²) in [5, 5.41) is 15.5. The van der Waals surface area contributed by atoms with E-state index in [0.29, 0.717) is 10.4 Å². The molecule has 0 aliphatic carbocycles. The molecule has 162 valence electrons. The van der Waals surface area contributed by atoms with E-state index in [9.17, 15) is 23.3 Å². The zero-order valence-electron chi connectivity index (χ0n) is 15.9. The van der Waals surface area contributed by atoms with Gasteiger partial charge in [-0.25, -0.2) is 9.97 Å². The number of pyridine rings is 1. The van der Waals surface area contributed by atoms with Crippen LogP contribution in [0.2, 0.25) is 0 Å². The molecule has 32 heavy (non-hydrogen) atoms. The van der Waals surface area contributed by atoms with Crippen LogP contribution in [0.25, 0.3) is 10.9 Å². The van der Waals surface area contributed by atoms with E-state index >= 15 is 0 Å². The van der Waals surface area contributed by atoms with Crippen molar-refractivity contribution in [2.45, 2.75) is 16.3 Å². The van der Waals surface area contributed by atoms with E-state index in [1.807, 2.05) is 18.2 Å². The second-order valence-electron chi connectivity index (χ2n) is 6.26. The third-order valence-corrected chi connectivity index (χ3v) is 5.17. The Bertz CT molecular complexity index is 1280. The quantitative estimate of drug-likeness (QED) is 0.222. The lowest BCUT2D eigenvalue weighted by atomic mass is 10.2. The molecule has 0 atom stereocenters. The van der Waals surface area contributed by atoms with Gasteiger partial charge in [0.05, 0.1) is 10.4 Å². The second kappa shape index (κ2) is 8.67. The highest BCUT2D eigenvalue weighted by Gasteiger charge is 2.31. The van der Waals surface area contributed by atoms with Gasteiger partial charge in [0.15, 0.2) is 5.03 Å². The summed E-state index contributed by atoms with van der Waals surface area (Å²) in [6.45, 7) is 0. The Morgan fingerprint density at radius 2 is 1.75 bits per heavy atom. The third-order valence-electron chi connectivity index (χ3n) is 4.12. The molecule has 4 aromatic rings. The lowest BCUT2D eigenvalue weighted by Crippen LogP contribution is -2.17. The Morgan fingerprint density at radius 1 is 1.00 bits per heavy atom. The predicted octanol–water partition coefficient (Wildman–Crippen LogP) is 5.73. The lowest BCUT2D eigenvalue weighted by Gasteiger charge is -2.11. The van der Waals surface area contributed by atoms with Gasteiger partial charge in [-0.05, 0) is 36.4 Å². The van der Waals surface area contributed by atoms with E-state index in [0.717, 1.165) is 35.6 Å². The van der Waals surface area contributed by atoms with Gasteiger partial charge in [-0.2, -0.15) is 0 Å². The minimum atomic E-state index is -4.82. The normalized spacial score (nSPS) is 11.3. The van der Waals surface area contributed by atoms with E-state index < -0.39 is 17.0 Å². The largest absolute Gasteiger partial charge is 0.573 e. The maximum absolute atomic E-state index is 12.3. The molecule has 4 rings (SSSR count). The zero-order chi connectivity index (χ0) is 22.7. The maximum atomic E-state index is 12.3. The van der Waals surface area contributed by atoms with Gasteiger partial charge >= 0.3 is 12.0 Å². The average molecular weight is 459 g/mol. The van der Waals surface area contributed by atoms with E-state index in [1.54, 1.807) is 18.3 Å². The number of nitrogens with zero attached hydrogens (tertiary/aromatic N) is 4. The number of nitrogens with one attached hydrogen (secondary N) is 1. The lowest BCUT2D eigenvalue weighted by molar-refractivity contribution is -0.387. The molecular formula is C20H12F3N5O3S. The molecule has 0 saturated heterocycles. The fourth-order valence-corrected chi connectivity index (χ4v) is 3.82. The van der Waals surface area contributed by atoms with Crippen LogP contribution >= 0.6 is 11.8 Å². The monoisotopic (exact) mass is 459 g/mol. The van der Waals surface area contributed by atoms with Gasteiger partial charge in [0, 0.05) is 22.2 Å². The molecule has 8 nitrogen and oxygen atoms in total. The van der Waals surface area contributed by atoms with Gasteiger partial charge in [0.2, 0.25) is 5.82 Å². The van der Waals surface area contributed by atoms with E-state index in [-0.39, 0.29) is 22.2 Å². The molecule has 2 aromatic heterocycles. The summed E-state index contributed by atoms with van der Waals surface area (Å²) >= 11 is 1.07. The number of ether oxygens (including phenoxy) is 1. The molecule has 2 heterocycles. The summed E-state index contributed by atoms with van der Waals surface area (Å²) in [6, 6.07) is 13.9. The van der Waals surface area contributed by atoms with Crippen molar-refractivity contribution in [3.63, 3.8) is 0 Å². The molecule has 0 fully saturated rings. The third kappa shape index (κ3) is 4.86. The number of hydrogen-bond donors (Lipinski definition) is 1. The first-order valence-corrected chi connectivity index (χ1v) is 9.75. The van der Waals surface area contributed by atoms with Crippen molar-refractivity contribution in [2.24, 2.45) is 0 Å². The molecule has 0 saturated carbocycles. The molecule has 0 aliphatic rings. The second-order valence-corrected chi connectivity index (χ2v) is 7.29. The number of hydrogen-bond acceptors (Lipinski definition) is 8. The number of benzene rings is 2. The molecule has 0 aliphatic heterocycles. The topological polar surface area (TPSA) is 103 Å². The highest BCUT2D eigenvalue weighted by molar-refractivity contribution is 7.99. The number of anilines is 2. The van der Waals surface area contributed by atoms with Crippen molar-refractivity contribution in [3.05, 3.63) is 77.2 Å². The van der Waals surface area contributed by atoms with Crippen LogP contribution < -0.4 is 10.1 Å². The van der Waals surface area contributed by atoms with Crippen molar-refractivity contribution in [3.8, 4) is 5.75 Å². The van der Waals surface area contributed by atoms with Crippen molar-refractivity contribution in [1.82, 2.24) is 15.0 Å². The van der Waals surface area contributed by atoms with Crippen LogP contribution in [0.4, 0.5) is 30.4 Å². The van der Waals surface area contributed by atoms with Crippen LogP contribution in [0.3, 0.4) is 0 Å². The highest BCUT2D eigenvalue weighted by Crippen LogP contribution is 2.39. The summed E-state index contributed by atoms with van der Waals surface area (Å²) in [6.07, 6.45) is -2.03. The first-order chi connectivity index (χ1) is 15.3. The van der Waals surface area contributed by atoms with Gasteiger partial charge in [0.25, 0.3) is 0 Å². The van der Waals surface area contributed by atoms with Crippen molar-refractivity contribution in [1.29, 1.82) is 0 Å². The van der Waals surface area contributed by atoms with Crippen LogP contribution in [0.15, 0.2) is 77.0 Å². The number of para-hydroxylation sites is 1. The summed E-state index contributed by atoms with van der Waals surface area (Å²) in [4.78, 5) is 24.2. The number of rotatable bonds is 6. The van der Waals surface area contributed by atoms with Gasteiger partial charge in [-0.1, -0.05) is 30.0 Å². The summed E-state index contributed by atoms with van der Waals surface area (Å²) < 4.78 is 40.8. The number of halogens is 3. The molecule has 0 radical (unpaired) electrons. The molecule has 0 spiro atoms. The first kappa shape index (κ1) is 21.3. The van der Waals surface area contributed by atoms with Crippen LogP contribution in [-0.4, -0.2) is 26.2 Å². The maximum Gasteiger partial charge on any atom is 0.573 e. The zero-order valence-corrected chi connectivity index (χ0v) is 16.7. The van der Waals surface area contributed by atoms with Gasteiger partial charge in [0.1, 0.15) is 12.1 Å². The summed E-state index contributed by atoms with van der Waals surface area (Å²) in [5.74, 6) is -0.523. The van der Waals surface area contributed by atoms with E-state index in [4.69, 9.17) is 0 Å². The fraction of sp³-hybridized carbons (Fsp3) is 0.0500. The fourth-order valence-electron chi connectivity index (χ4n) is 2.83. The summed E-state index contributed by atoms with van der Waals surface area (Å²) in [5.41, 5.74) is 0.577. The molecule has 12 heteroatoms. The van der Waals surface area contributed by atoms with Gasteiger partial charge < -0.3 is 10.1 Å². The number of fused-ring (bicyclic) bond motifs is 1. The summed E-state index contributed by atoms with van der Waals surface area (Å²) in [7, 11) is 0. The Morgan fingerprint density at radius 3 is 2.47 bits per heavy atom. The van der Waals surface area contributed by atoms with Crippen LogP contribution in [0.1, 0.15) is 0 Å². The Kier molecular flexibility index (Phi) is 5.77. The molecule has 2 aromatic carbocycles. The Labute approximate surface area is 182 Å². The van der Waals surface area contributed by atoms with Crippen molar-refractivity contribution >= 4 is 39.9 Å². The molecular weight excluding hydrogens is 447 g/mol. The molecule has 1 N–H and O–H groups in total. The molecule has 0 amide bonds. The average Bonchev–Trinajstić information content (AvgIpc) is 2.74. The van der Waals surface area contributed by atoms with Crippen LogP contribution in [0.5, 0.6) is 5.75 Å². The number of nitro groups is 1. The number of aromatic nitrogens is 3. The predicted molar refractivity (Wildman–Crippen MR) is 111 cm³/mol. The Hall–Kier alpha value is -3.93. The number of alkyl halides is 3. The van der Waals surface area contributed by atoms with Crippen molar-refractivity contribution < 1.29 is 22.8 Å². The molecule has 0 unspecified atom stereocenters. The Balaban J connectivity index is 1.65. The minimum absolute atomic E-state index is 0.0858.